The first-order valence-electron chi connectivity index (χ1n) is 5.29. The zero-order valence-corrected chi connectivity index (χ0v) is 9.53. The SMILES string of the molecule is CC(CN[C@@H](C)c1ccc(F)cc1)C(N)=O. The van der Waals surface area contributed by atoms with E-state index in [0.717, 1.165) is 5.56 Å². The minimum absolute atomic E-state index is 0.0717. The molecular weight excluding hydrogens is 207 g/mol. The van der Waals surface area contributed by atoms with Crippen LogP contribution in [0.15, 0.2) is 24.3 Å². The van der Waals surface area contributed by atoms with Crippen LogP contribution in [0, 0.1) is 11.7 Å². The van der Waals surface area contributed by atoms with Crippen LogP contribution in [0.1, 0.15) is 25.5 Å². The molecule has 16 heavy (non-hydrogen) atoms. The molecule has 0 heterocycles. The first kappa shape index (κ1) is 12.6. The van der Waals surface area contributed by atoms with E-state index in [9.17, 15) is 9.18 Å². The Morgan fingerprint density at radius 2 is 1.94 bits per heavy atom. The monoisotopic (exact) mass is 224 g/mol. The van der Waals surface area contributed by atoms with Gasteiger partial charge in [0.25, 0.3) is 0 Å². The fourth-order valence-corrected chi connectivity index (χ4v) is 1.32. The van der Waals surface area contributed by atoms with Gasteiger partial charge in [0.15, 0.2) is 0 Å². The van der Waals surface area contributed by atoms with Gasteiger partial charge in [0.2, 0.25) is 5.91 Å². The number of carbonyl (C=O) groups excluding carboxylic acids is 1. The molecule has 0 aromatic heterocycles. The first-order valence-corrected chi connectivity index (χ1v) is 5.29. The zero-order chi connectivity index (χ0) is 12.1. The van der Waals surface area contributed by atoms with E-state index in [1.807, 2.05) is 6.92 Å². The van der Waals surface area contributed by atoms with Crippen molar-refractivity contribution >= 4 is 5.91 Å². The molecule has 0 aliphatic heterocycles. The van der Waals surface area contributed by atoms with Crippen molar-refractivity contribution in [2.45, 2.75) is 19.9 Å². The largest absolute Gasteiger partial charge is 0.369 e. The molecule has 0 saturated carbocycles. The van der Waals surface area contributed by atoms with E-state index in [1.54, 1.807) is 19.1 Å². The van der Waals surface area contributed by atoms with Gasteiger partial charge in [-0.3, -0.25) is 4.79 Å². The fourth-order valence-electron chi connectivity index (χ4n) is 1.32. The van der Waals surface area contributed by atoms with E-state index < -0.39 is 0 Å². The van der Waals surface area contributed by atoms with Crippen LogP contribution in [0.4, 0.5) is 4.39 Å². The minimum Gasteiger partial charge on any atom is -0.369 e. The molecule has 0 fully saturated rings. The van der Waals surface area contributed by atoms with Crippen LogP contribution in [0.5, 0.6) is 0 Å². The Kier molecular flexibility index (Phi) is 4.43. The van der Waals surface area contributed by atoms with Crippen molar-refractivity contribution in [3.63, 3.8) is 0 Å². The number of hydrogen-bond acceptors (Lipinski definition) is 2. The van der Waals surface area contributed by atoms with Crippen LogP contribution in [0.25, 0.3) is 0 Å². The summed E-state index contributed by atoms with van der Waals surface area (Å²) < 4.78 is 12.7. The molecule has 1 amide bonds. The molecule has 0 aliphatic rings. The predicted molar refractivity (Wildman–Crippen MR) is 61.2 cm³/mol. The number of primary amides is 1. The van der Waals surface area contributed by atoms with Crippen molar-refractivity contribution in [1.29, 1.82) is 0 Å². The van der Waals surface area contributed by atoms with Crippen LogP contribution in [0.3, 0.4) is 0 Å². The van der Waals surface area contributed by atoms with Gasteiger partial charge in [0, 0.05) is 18.5 Å². The van der Waals surface area contributed by atoms with Crippen molar-refractivity contribution in [2.75, 3.05) is 6.54 Å². The third-order valence-corrected chi connectivity index (χ3v) is 2.59. The third kappa shape index (κ3) is 3.62. The topological polar surface area (TPSA) is 55.1 Å². The number of nitrogens with two attached hydrogens (primary N) is 1. The highest BCUT2D eigenvalue weighted by Crippen LogP contribution is 2.12. The van der Waals surface area contributed by atoms with Crippen molar-refractivity contribution < 1.29 is 9.18 Å². The number of amides is 1. The summed E-state index contributed by atoms with van der Waals surface area (Å²) in [6.07, 6.45) is 0. The summed E-state index contributed by atoms with van der Waals surface area (Å²) in [6, 6.07) is 6.36. The van der Waals surface area contributed by atoms with Crippen molar-refractivity contribution in [2.24, 2.45) is 11.7 Å². The number of hydrogen-bond donors (Lipinski definition) is 2. The molecule has 0 bridgehead atoms. The lowest BCUT2D eigenvalue weighted by Gasteiger charge is -2.16. The zero-order valence-electron chi connectivity index (χ0n) is 9.53. The summed E-state index contributed by atoms with van der Waals surface area (Å²) in [5.41, 5.74) is 6.14. The second-order valence-corrected chi connectivity index (χ2v) is 3.98. The van der Waals surface area contributed by atoms with Crippen LogP contribution >= 0.6 is 0 Å². The van der Waals surface area contributed by atoms with Gasteiger partial charge in [-0.25, -0.2) is 4.39 Å². The summed E-state index contributed by atoms with van der Waals surface area (Å²) in [4.78, 5) is 10.8. The maximum Gasteiger partial charge on any atom is 0.221 e. The first-order chi connectivity index (χ1) is 7.50. The Balaban J connectivity index is 2.49. The number of nitrogens with one attached hydrogen (secondary N) is 1. The lowest BCUT2D eigenvalue weighted by Crippen LogP contribution is -2.32. The highest BCUT2D eigenvalue weighted by atomic mass is 19.1. The lowest BCUT2D eigenvalue weighted by atomic mass is 10.1. The van der Waals surface area contributed by atoms with Gasteiger partial charge in [-0.2, -0.15) is 0 Å². The Morgan fingerprint density at radius 3 is 2.44 bits per heavy atom. The van der Waals surface area contributed by atoms with Crippen molar-refractivity contribution in [1.82, 2.24) is 5.32 Å². The lowest BCUT2D eigenvalue weighted by molar-refractivity contribution is -0.121. The van der Waals surface area contributed by atoms with E-state index in [1.165, 1.54) is 12.1 Å². The van der Waals surface area contributed by atoms with Gasteiger partial charge in [-0.1, -0.05) is 19.1 Å². The minimum atomic E-state index is -0.321. The molecule has 1 aromatic rings. The van der Waals surface area contributed by atoms with E-state index in [2.05, 4.69) is 5.32 Å². The van der Waals surface area contributed by atoms with E-state index in [4.69, 9.17) is 5.73 Å². The highest BCUT2D eigenvalue weighted by Gasteiger charge is 2.11. The normalized spacial score (nSPS) is 14.4. The fraction of sp³-hybridized carbons (Fsp3) is 0.417. The highest BCUT2D eigenvalue weighted by molar-refractivity contribution is 5.76. The van der Waals surface area contributed by atoms with Crippen LogP contribution in [-0.2, 0) is 4.79 Å². The summed E-state index contributed by atoms with van der Waals surface area (Å²) in [6.45, 7) is 4.25. The number of carbonyl (C=O) groups is 1. The molecule has 1 rings (SSSR count). The molecule has 0 radical (unpaired) electrons. The number of benzene rings is 1. The molecule has 1 aromatic carbocycles. The van der Waals surface area contributed by atoms with Crippen LogP contribution < -0.4 is 11.1 Å². The Morgan fingerprint density at radius 1 is 1.38 bits per heavy atom. The van der Waals surface area contributed by atoms with Crippen LogP contribution in [0.2, 0.25) is 0 Å². The third-order valence-electron chi connectivity index (χ3n) is 2.59. The quantitative estimate of drug-likeness (QED) is 0.798. The molecule has 0 saturated heterocycles. The second-order valence-electron chi connectivity index (χ2n) is 3.98. The van der Waals surface area contributed by atoms with Gasteiger partial charge < -0.3 is 11.1 Å². The number of halogens is 1. The average molecular weight is 224 g/mol. The Bertz CT molecular complexity index is 351. The van der Waals surface area contributed by atoms with E-state index in [0.29, 0.717) is 6.54 Å². The summed E-state index contributed by atoms with van der Waals surface area (Å²) in [5.74, 6) is -0.775. The van der Waals surface area contributed by atoms with Gasteiger partial charge in [0.1, 0.15) is 5.82 Å². The van der Waals surface area contributed by atoms with E-state index in [-0.39, 0.29) is 23.7 Å². The molecule has 88 valence electrons. The smallest absolute Gasteiger partial charge is 0.221 e. The van der Waals surface area contributed by atoms with Gasteiger partial charge >= 0.3 is 0 Å². The molecule has 3 nitrogen and oxygen atoms in total. The molecule has 3 N–H and O–H groups in total. The van der Waals surface area contributed by atoms with Gasteiger partial charge in [0.05, 0.1) is 0 Å². The maximum absolute atomic E-state index is 12.7. The van der Waals surface area contributed by atoms with Crippen LogP contribution in [-0.4, -0.2) is 12.5 Å². The second kappa shape index (κ2) is 5.61. The predicted octanol–water partition coefficient (Wildman–Crippen LogP) is 1.60. The van der Waals surface area contributed by atoms with Gasteiger partial charge in [-0.15, -0.1) is 0 Å². The average Bonchev–Trinajstić information content (AvgIpc) is 2.26. The van der Waals surface area contributed by atoms with Crippen molar-refractivity contribution in [3.05, 3.63) is 35.6 Å². The molecular formula is C12H17FN2O. The molecule has 1 unspecified atom stereocenters. The number of rotatable bonds is 5. The molecule has 4 heteroatoms. The van der Waals surface area contributed by atoms with Crippen molar-refractivity contribution in [3.8, 4) is 0 Å². The summed E-state index contributed by atoms with van der Waals surface area (Å²) in [7, 11) is 0. The van der Waals surface area contributed by atoms with Gasteiger partial charge in [-0.05, 0) is 24.6 Å². The molecule has 0 aliphatic carbocycles. The standard InChI is InChI=1S/C12H17FN2O/c1-8(12(14)16)7-15-9(2)10-3-5-11(13)6-4-10/h3-6,8-9,15H,7H2,1-2H3,(H2,14,16)/t8?,9-/m0/s1. The summed E-state index contributed by atoms with van der Waals surface area (Å²) in [5, 5.41) is 3.18. The van der Waals surface area contributed by atoms with E-state index >= 15 is 0 Å². The maximum atomic E-state index is 12.7. The Hall–Kier alpha value is -1.42. The molecule has 2 atom stereocenters. The molecule has 0 spiro atoms. The Labute approximate surface area is 94.8 Å². The summed E-state index contributed by atoms with van der Waals surface area (Å²) >= 11 is 0.